The molecule has 0 aliphatic carbocycles. The van der Waals surface area contributed by atoms with Crippen molar-refractivity contribution in [3.05, 3.63) is 12.2 Å². The van der Waals surface area contributed by atoms with Gasteiger partial charge in [0.15, 0.2) is 0 Å². The van der Waals surface area contributed by atoms with Gasteiger partial charge in [0.1, 0.15) is 0 Å². The van der Waals surface area contributed by atoms with E-state index in [9.17, 15) is 4.79 Å². The molecule has 0 N–H and O–H groups in total. The SMILES string of the molecule is CC12C=CC(=O)N1CCN(P)C2. The molecule has 2 aliphatic heterocycles. The molecule has 2 rings (SSSR count). The van der Waals surface area contributed by atoms with Gasteiger partial charge in [0, 0.05) is 25.7 Å². The molecule has 2 heterocycles. The Bertz CT molecular complexity index is 253. The molecule has 12 heavy (non-hydrogen) atoms. The highest BCUT2D eigenvalue weighted by Gasteiger charge is 2.40. The first-order chi connectivity index (χ1) is 5.62. The molecule has 0 aromatic heterocycles. The van der Waals surface area contributed by atoms with Gasteiger partial charge in [-0.2, -0.15) is 0 Å². The highest BCUT2D eigenvalue weighted by molar-refractivity contribution is 7.13. The minimum absolute atomic E-state index is 0.0584. The zero-order valence-corrected chi connectivity index (χ0v) is 8.31. The maximum absolute atomic E-state index is 11.3. The third-order valence-corrected chi connectivity index (χ3v) is 3.04. The van der Waals surface area contributed by atoms with Crippen LogP contribution >= 0.6 is 9.39 Å². The summed E-state index contributed by atoms with van der Waals surface area (Å²) in [6.45, 7) is 4.81. The Kier molecular flexibility index (Phi) is 1.74. The molecule has 0 bridgehead atoms. The van der Waals surface area contributed by atoms with Gasteiger partial charge < -0.3 is 4.90 Å². The summed E-state index contributed by atoms with van der Waals surface area (Å²) >= 11 is 0. The van der Waals surface area contributed by atoms with Crippen LogP contribution in [0.2, 0.25) is 0 Å². The lowest BCUT2D eigenvalue weighted by Crippen LogP contribution is -2.56. The Morgan fingerprint density at radius 1 is 1.58 bits per heavy atom. The van der Waals surface area contributed by atoms with Crippen LogP contribution in [0.5, 0.6) is 0 Å². The lowest BCUT2D eigenvalue weighted by molar-refractivity contribution is -0.130. The number of hydrogen-bond donors (Lipinski definition) is 0. The van der Waals surface area contributed by atoms with Crippen LogP contribution in [0.15, 0.2) is 12.2 Å². The summed E-state index contributed by atoms with van der Waals surface area (Å²) < 4.78 is 2.18. The van der Waals surface area contributed by atoms with Gasteiger partial charge in [-0.3, -0.25) is 9.46 Å². The van der Waals surface area contributed by atoms with Crippen LogP contribution in [0.25, 0.3) is 0 Å². The van der Waals surface area contributed by atoms with E-state index >= 15 is 0 Å². The largest absolute Gasteiger partial charge is 0.328 e. The first-order valence-electron chi connectivity index (χ1n) is 4.12. The Morgan fingerprint density at radius 3 is 3.08 bits per heavy atom. The van der Waals surface area contributed by atoms with E-state index in [1.807, 2.05) is 11.0 Å². The molecule has 1 amide bonds. The molecular weight excluding hydrogens is 171 g/mol. The summed E-state index contributed by atoms with van der Waals surface area (Å²) in [6.07, 6.45) is 3.69. The summed E-state index contributed by atoms with van der Waals surface area (Å²) in [5.74, 6) is 0.163. The Labute approximate surface area is 74.7 Å². The van der Waals surface area contributed by atoms with E-state index in [-0.39, 0.29) is 11.4 Å². The van der Waals surface area contributed by atoms with Crippen LogP contribution in [0, 0.1) is 0 Å². The van der Waals surface area contributed by atoms with Gasteiger partial charge in [-0.1, -0.05) is 15.5 Å². The van der Waals surface area contributed by atoms with Crippen molar-refractivity contribution in [2.75, 3.05) is 19.6 Å². The molecule has 0 aromatic carbocycles. The van der Waals surface area contributed by atoms with Gasteiger partial charge in [0.05, 0.1) is 5.54 Å². The monoisotopic (exact) mass is 184 g/mol. The van der Waals surface area contributed by atoms with Crippen molar-refractivity contribution in [3.8, 4) is 0 Å². The van der Waals surface area contributed by atoms with Gasteiger partial charge in [0.25, 0.3) is 0 Å². The molecule has 0 spiro atoms. The van der Waals surface area contributed by atoms with Crippen LogP contribution in [0.3, 0.4) is 0 Å². The number of amides is 1. The normalized spacial score (nSPS) is 35.8. The van der Waals surface area contributed by atoms with Crippen molar-refractivity contribution in [3.63, 3.8) is 0 Å². The Hall–Kier alpha value is -0.400. The third-order valence-electron chi connectivity index (χ3n) is 2.60. The summed E-state index contributed by atoms with van der Waals surface area (Å²) in [5.41, 5.74) is -0.0584. The first kappa shape index (κ1) is 8.21. The molecule has 4 heteroatoms. The number of fused-ring (bicyclic) bond motifs is 1. The molecule has 66 valence electrons. The summed E-state index contributed by atoms with van der Waals surface area (Å²) in [6, 6.07) is 0. The molecule has 1 fully saturated rings. The molecule has 3 nitrogen and oxygen atoms in total. The smallest absolute Gasteiger partial charge is 0.247 e. The Morgan fingerprint density at radius 2 is 2.33 bits per heavy atom. The van der Waals surface area contributed by atoms with Crippen LogP contribution < -0.4 is 0 Å². The molecule has 0 aromatic rings. The van der Waals surface area contributed by atoms with Crippen molar-refractivity contribution in [1.29, 1.82) is 0 Å². The van der Waals surface area contributed by atoms with Crippen LogP contribution in [-0.2, 0) is 4.79 Å². The van der Waals surface area contributed by atoms with Gasteiger partial charge in [-0.15, -0.1) is 0 Å². The minimum Gasteiger partial charge on any atom is -0.328 e. The predicted molar refractivity (Wildman–Crippen MR) is 50.5 cm³/mol. The van der Waals surface area contributed by atoms with E-state index in [0.29, 0.717) is 0 Å². The van der Waals surface area contributed by atoms with Gasteiger partial charge in [-0.05, 0) is 6.92 Å². The van der Waals surface area contributed by atoms with E-state index in [1.165, 1.54) is 0 Å². The number of rotatable bonds is 0. The topological polar surface area (TPSA) is 23.6 Å². The standard InChI is InChI=1S/C8H13N2OP/c1-8-3-2-7(11)10(8)5-4-9(12)6-8/h2-3H,4-6,12H2,1H3. The number of hydrogen-bond acceptors (Lipinski definition) is 2. The molecule has 2 aliphatic rings. The molecule has 2 unspecified atom stereocenters. The van der Waals surface area contributed by atoms with E-state index in [2.05, 4.69) is 21.0 Å². The predicted octanol–water partition coefficient (Wildman–Crippen LogP) is 0.249. The van der Waals surface area contributed by atoms with Crippen molar-refractivity contribution < 1.29 is 4.79 Å². The molecule has 1 saturated heterocycles. The third kappa shape index (κ3) is 1.08. The van der Waals surface area contributed by atoms with Gasteiger partial charge in [0.2, 0.25) is 5.91 Å². The maximum atomic E-state index is 11.3. The van der Waals surface area contributed by atoms with Crippen LogP contribution in [0.1, 0.15) is 6.92 Å². The summed E-state index contributed by atoms with van der Waals surface area (Å²) in [4.78, 5) is 13.3. The highest BCUT2D eigenvalue weighted by Crippen LogP contribution is 2.28. The highest BCUT2D eigenvalue weighted by atomic mass is 31.0. The molecule has 2 atom stereocenters. The van der Waals surface area contributed by atoms with Crippen molar-refractivity contribution in [2.45, 2.75) is 12.5 Å². The van der Waals surface area contributed by atoms with Gasteiger partial charge >= 0.3 is 0 Å². The minimum atomic E-state index is -0.0584. The van der Waals surface area contributed by atoms with E-state index in [0.717, 1.165) is 19.6 Å². The molecule has 0 radical (unpaired) electrons. The number of nitrogens with zero attached hydrogens (tertiary/aromatic N) is 2. The van der Waals surface area contributed by atoms with Crippen molar-refractivity contribution in [1.82, 2.24) is 9.57 Å². The summed E-state index contributed by atoms with van der Waals surface area (Å²) in [5, 5.41) is 0. The second kappa shape index (κ2) is 2.54. The van der Waals surface area contributed by atoms with E-state index < -0.39 is 0 Å². The van der Waals surface area contributed by atoms with Gasteiger partial charge in [-0.25, -0.2) is 0 Å². The Balaban J connectivity index is 2.24. The first-order valence-corrected chi connectivity index (χ1v) is 4.64. The molecule has 0 saturated carbocycles. The number of carbonyl (C=O) groups excluding carboxylic acids is 1. The molecular formula is C8H13N2OP. The lowest BCUT2D eigenvalue weighted by Gasteiger charge is -2.43. The fourth-order valence-electron chi connectivity index (χ4n) is 1.90. The zero-order chi connectivity index (χ0) is 8.77. The average molecular weight is 184 g/mol. The second-order valence-electron chi connectivity index (χ2n) is 3.65. The van der Waals surface area contributed by atoms with Crippen molar-refractivity contribution in [2.24, 2.45) is 0 Å². The zero-order valence-electron chi connectivity index (χ0n) is 7.16. The maximum Gasteiger partial charge on any atom is 0.247 e. The fourth-order valence-corrected chi connectivity index (χ4v) is 2.39. The van der Waals surface area contributed by atoms with Crippen LogP contribution in [-0.4, -0.2) is 40.7 Å². The van der Waals surface area contributed by atoms with Crippen molar-refractivity contribution >= 4 is 15.3 Å². The quantitative estimate of drug-likeness (QED) is 0.504. The average Bonchev–Trinajstić information content (AvgIpc) is 2.27. The summed E-state index contributed by atoms with van der Waals surface area (Å²) in [7, 11) is 2.69. The van der Waals surface area contributed by atoms with Crippen LogP contribution in [0.4, 0.5) is 0 Å². The number of carbonyl (C=O) groups is 1. The second-order valence-corrected chi connectivity index (χ2v) is 4.38. The van der Waals surface area contributed by atoms with E-state index in [1.54, 1.807) is 6.08 Å². The lowest BCUT2D eigenvalue weighted by atomic mass is 10.0. The fraction of sp³-hybridized carbons (Fsp3) is 0.625. The number of piperazine rings is 1. The van der Waals surface area contributed by atoms with E-state index in [4.69, 9.17) is 0 Å².